The molecule has 1 saturated carbocycles. The van der Waals surface area contributed by atoms with Crippen LogP contribution in [0.25, 0.3) is 0 Å². The first-order chi connectivity index (χ1) is 9.34. The zero-order valence-electron chi connectivity index (χ0n) is 13.1. The van der Waals surface area contributed by atoms with Crippen LogP contribution < -0.4 is 5.73 Å². The molecular formula is C17H27FN2. The minimum Gasteiger partial charge on any atom is -0.326 e. The monoisotopic (exact) mass is 278 g/mol. The number of halogens is 1. The molecule has 2 rings (SSSR count). The molecule has 3 heteroatoms. The molecule has 1 aromatic rings. The summed E-state index contributed by atoms with van der Waals surface area (Å²) >= 11 is 0. The van der Waals surface area contributed by atoms with E-state index in [-0.39, 0.29) is 23.3 Å². The molecule has 1 aromatic carbocycles. The van der Waals surface area contributed by atoms with Crippen LogP contribution in [0, 0.1) is 11.2 Å². The predicted octanol–water partition coefficient (Wildman–Crippen LogP) is 3.72. The number of nitrogens with zero attached hydrogens (tertiary/aromatic N) is 1. The molecule has 1 aliphatic carbocycles. The van der Waals surface area contributed by atoms with Gasteiger partial charge in [-0.1, -0.05) is 38.5 Å². The number of nitrogens with two attached hydrogens (primary N) is 1. The lowest BCUT2D eigenvalue weighted by Gasteiger charge is -2.47. The molecule has 3 unspecified atom stereocenters. The van der Waals surface area contributed by atoms with Crippen molar-refractivity contribution in [3.05, 3.63) is 35.6 Å². The molecule has 2 nitrogen and oxygen atoms in total. The molecular weight excluding hydrogens is 251 g/mol. The van der Waals surface area contributed by atoms with E-state index < -0.39 is 0 Å². The third-order valence-electron chi connectivity index (χ3n) is 5.13. The number of likely N-dealkylation sites (N-methyl/N-ethyl adjacent to an activating group) is 1. The highest BCUT2D eigenvalue weighted by molar-refractivity contribution is 5.21. The van der Waals surface area contributed by atoms with Gasteiger partial charge < -0.3 is 5.73 Å². The average molecular weight is 278 g/mol. The van der Waals surface area contributed by atoms with E-state index in [4.69, 9.17) is 5.73 Å². The Morgan fingerprint density at radius 2 is 2.00 bits per heavy atom. The molecule has 0 heterocycles. The Bertz CT molecular complexity index is 458. The van der Waals surface area contributed by atoms with Gasteiger partial charge in [0.25, 0.3) is 0 Å². The quantitative estimate of drug-likeness (QED) is 0.913. The summed E-state index contributed by atoms with van der Waals surface area (Å²) in [7, 11) is 2.07. The molecule has 0 saturated heterocycles. The van der Waals surface area contributed by atoms with Crippen LogP contribution in [-0.2, 0) is 0 Å². The second-order valence-electron chi connectivity index (χ2n) is 6.84. The smallest absolute Gasteiger partial charge is 0.127 e. The maximum Gasteiger partial charge on any atom is 0.127 e. The average Bonchev–Trinajstić information content (AvgIpc) is 2.41. The molecule has 112 valence electrons. The Labute approximate surface area is 122 Å². The van der Waals surface area contributed by atoms with E-state index in [2.05, 4.69) is 32.7 Å². The molecule has 0 aromatic heterocycles. The van der Waals surface area contributed by atoms with Crippen molar-refractivity contribution in [1.82, 2.24) is 4.90 Å². The molecule has 0 radical (unpaired) electrons. The summed E-state index contributed by atoms with van der Waals surface area (Å²) in [6.45, 7) is 6.55. The van der Waals surface area contributed by atoms with Crippen LogP contribution in [0.3, 0.4) is 0 Å². The molecule has 1 aliphatic rings. The first-order valence-corrected chi connectivity index (χ1v) is 7.56. The maximum absolute atomic E-state index is 14.0. The van der Waals surface area contributed by atoms with Crippen molar-refractivity contribution in [1.29, 1.82) is 0 Å². The van der Waals surface area contributed by atoms with Gasteiger partial charge in [0, 0.05) is 23.7 Å². The third-order valence-corrected chi connectivity index (χ3v) is 5.13. The normalized spacial score (nSPS) is 27.6. The van der Waals surface area contributed by atoms with Crippen molar-refractivity contribution in [3.8, 4) is 0 Å². The molecule has 1 fully saturated rings. The van der Waals surface area contributed by atoms with Crippen LogP contribution in [0.5, 0.6) is 0 Å². The zero-order chi connectivity index (χ0) is 14.9. The second kappa shape index (κ2) is 5.82. The molecule has 2 N–H and O–H groups in total. The Morgan fingerprint density at radius 3 is 2.65 bits per heavy atom. The van der Waals surface area contributed by atoms with Gasteiger partial charge in [-0.2, -0.15) is 0 Å². The van der Waals surface area contributed by atoms with Crippen molar-refractivity contribution in [2.75, 3.05) is 7.05 Å². The van der Waals surface area contributed by atoms with E-state index in [9.17, 15) is 4.39 Å². The molecule has 0 amide bonds. The van der Waals surface area contributed by atoms with Crippen LogP contribution in [0.1, 0.15) is 51.6 Å². The molecule has 0 aliphatic heterocycles. The highest BCUT2D eigenvalue weighted by Gasteiger charge is 2.39. The highest BCUT2D eigenvalue weighted by atomic mass is 19.1. The Morgan fingerprint density at radius 1 is 1.35 bits per heavy atom. The van der Waals surface area contributed by atoms with Gasteiger partial charge in [0.15, 0.2) is 0 Å². The summed E-state index contributed by atoms with van der Waals surface area (Å²) in [5, 5.41) is 0. The summed E-state index contributed by atoms with van der Waals surface area (Å²) in [6, 6.07) is 7.53. The van der Waals surface area contributed by atoms with Crippen LogP contribution in [0.4, 0.5) is 4.39 Å². The summed E-state index contributed by atoms with van der Waals surface area (Å²) < 4.78 is 14.0. The summed E-state index contributed by atoms with van der Waals surface area (Å²) in [5.74, 6) is -0.129. The maximum atomic E-state index is 14.0. The van der Waals surface area contributed by atoms with Gasteiger partial charge in [0.05, 0.1) is 0 Å². The van der Waals surface area contributed by atoms with E-state index >= 15 is 0 Å². The largest absolute Gasteiger partial charge is 0.326 e. The van der Waals surface area contributed by atoms with Gasteiger partial charge in [0.2, 0.25) is 0 Å². The Kier molecular flexibility index (Phi) is 4.50. The number of rotatable bonds is 3. The van der Waals surface area contributed by atoms with Gasteiger partial charge in [-0.3, -0.25) is 4.90 Å². The van der Waals surface area contributed by atoms with Crippen LogP contribution in [0.2, 0.25) is 0 Å². The lowest BCUT2D eigenvalue weighted by molar-refractivity contribution is 0.0614. The van der Waals surface area contributed by atoms with Gasteiger partial charge >= 0.3 is 0 Å². The molecule has 0 bridgehead atoms. The minimum absolute atomic E-state index is 0.0427. The standard InChI is InChI=1S/C17H27FN2/c1-12(13-8-5-6-9-14(13)18)20(4)15-10-7-11-17(2,3)16(15)19/h5-6,8-9,12,15-16H,7,10-11,19H2,1-4H3. The van der Waals surface area contributed by atoms with E-state index in [0.717, 1.165) is 12.0 Å². The van der Waals surface area contributed by atoms with Gasteiger partial charge in [-0.05, 0) is 38.3 Å². The molecule has 0 spiro atoms. The lowest BCUT2D eigenvalue weighted by Crippen LogP contribution is -2.56. The molecule has 3 atom stereocenters. The highest BCUT2D eigenvalue weighted by Crippen LogP contribution is 2.38. The van der Waals surface area contributed by atoms with Crippen molar-refractivity contribution in [2.45, 2.75) is 58.2 Å². The summed E-state index contributed by atoms with van der Waals surface area (Å²) in [6.07, 6.45) is 3.46. The minimum atomic E-state index is -0.129. The van der Waals surface area contributed by atoms with Crippen LogP contribution in [0.15, 0.2) is 24.3 Å². The first-order valence-electron chi connectivity index (χ1n) is 7.56. The fraction of sp³-hybridized carbons (Fsp3) is 0.647. The van der Waals surface area contributed by atoms with Crippen molar-refractivity contribution >= 4 is 0 Å². The SMILES string of the molecule is CC(c1ccccc1F)N(C)C1CCCC(C)(C)C1N. The van der Waals surface area contributed by atoms with E-state index in [1.54, 1.807) is 6.07 Å². The Hall–Kier alpha value is -0.930. The predicted molar refractivity (Wildman–Crippen MR) is 82.0 cm³/mol. The Balaban J connectivity index is 2.18. The summed E-state index contributed by atoms with van der Waals surface area (Å²) in [4.78, 5) is 2.25. The third kappa shape index (κ3) is 2.89. The fourth-order valence-electron chi connectivity index (χ4n) is 3.41. The zero-order valence-corrected chi connectivity index (χ0v) is 13.1. The second-order valence-corrected chi connectivity index (χ2v) is 6.84. The van der Waals surface area contributed by atoms with Gasteiger partial charge in [-0.15, -0.1) is 0 Å². The van der Waals surface area contributed by atoms with Gasteiger partial charge in [-0.25, -0.2) is 4.39 Å². The topological polar surface area (TPSA) is 29.3 Å². The van der Waals surface area contributed by atoms with Crippen LogP contribution in [-0.4, -0.2) is 24.0 Å². The molecule has 20 heavy (non-hydrogen) atoms. The van der Waals surface area contributed by atoms with Crippen molar-refractivity contribution in [2.24, 2.45) is 11.1 Å². The van der Waals surface area contributed by atoms with E-state index in [1.165, 1.54) is 18.9 Å². The van der Waals surface area contributed by atoms with Crippen LogP contribution >= 0.6 is 0 Å². The number of hydrogen-bond donors (Lipinski definition) is 1. The number of benzene rings is 1. The van der Waals surface area contributed by atoms with E-state index in [1.807, 2.05) is 12.1 Å². The van der Waals surface area contributed by atoms with Crippen molar-refractivity contribution in [3.63, 3.8) is 0 Å². The lowest BCUT2D eigenvalue weighted by atomic mass is 9.70. The fourth-order valence-corrected chi connectivity index (χ4v) is 3.41. The van der Waals surface area contributed by atoms with Crippen molar-refractivity contribution < 1.29 is 4.39 Å². The summed E-state index contributed by atoms with van der Waals surface area (Å²) in [5.41, 5.74) is 7.39. The van der Waals surface area contributed by atoms with E-state index in [0.29, 0.717) is 6.04 Å². The number of hydrogen-bond acceptors (Lipinski definition) is 2. The first kappa shape index (κ1) is 15.5. The van der Waals surface area contributed by atoms with Gasteiger partial charge in [0.1, 0.15) is 5.82 Å².